The fourth-order valence-electron chi connectivity index (χ4n) is 1.49. The van der Waals surface area contributed by atoms with Crippen LogP contribution < -0.4 is 0 Å². The summed E-state index contributed by atoms with van der Waals surface area (Å²) in [6, 6.07) is 5.87. The lowest BCUT2D eigenvalue weighted by atomic mass is 10.1. The number of nitrogens with zero attached hydrogens (tertiary/aromatic N) is 3. The second-order valence-electron chi connectivity index (χ2n) is 4.05. The van der Waals surface area contributed by atoms with E-state index in [1.807, 2.05) is 36.7 Å². The first-order chi connectivity index (χ1) is 8.49. The van der Waals surface area contributed by atoms with Gasteiger partial charge in [0, 0.05) is 16.4 Å². The van der Waals surface area contributed by atoms with Crippen LogP contribution in [-0.4, -0.2) is 19.9 Å². The second kappa shape index (κ2) is 5.42. The number of benzene rings is 1. The summed E-state index contributed by atoms with van der Waals surface area (Å²) in [5.41, 5.74) is 0.883. The first-order valence-electron chi connectivity index (χ1n) is 5.50. The van der Waals surface area contributed by atoms with Gasteiger partial charge in [-0.3, -0.25) is 0 Å². The van der Waals surface area contributed by atoms with Gasteiger partial charge in [-0.05, 0) is 43.3 Å². The molecule has 0 spiro atoms. The van der Waals surface area contributed by atoms with Crippen molar-refractivity contribution in [3.8, 4) is 0 Å². The van der Waals surface area contributed by atoms with E-state index in [4.69, 9.17) is 0 Å². The number of hydrogen-bond donors (Lipinski definition) is 1. The first-order valence-corrected chi connectivity index (χ1v) is 7.11. The number of aryl methyl sites for hydroxylation is 1. The van der Waals surface area contributed by atoms with E-state index in [1.165, 1.54) is 0 Å². The SMILES string of the molecule is Cc1nnc(Sc2ccc([C@@H](C)O)c(Br)c2)n1C. The molecule has 0 saturated heterocycles. The molecule has 18 heavy (non-hydrogen) atoms. The summed E-state index contributed by atoms with van der Waals surface area (Å²) in [5, 5.41) is 18.6. The predicted molar refractivity (Wildman–Crippen MR) is 74.6 cm³/mol. The van der Waals surface area contributed by atoms with Gasteiger partial charge in [-0.25, -0.2) is 0 Å². The van der Waals surface area contributed by atoms with E-state index in [1.54, 1.807) is 18.7 Å². The average Bonchev–Trinajstić information content (AvgIpc) is 2.61. The lowest BCUT2D eigenvalue weighted by Crippen LogP contribution is -1.94. The van der Waals surface area contributed by atoms with Crippen LogP contribution in [0.25, 0.3) is 0 Å². The van der Waals surface area contributed by atoms with E-state index < -0.39 is 6.10 Å². The minimum atomic E-state index is -0.476. The molecule has 0 aliphatic rings. The van der Waals surface area contributed by atoms with Crippen LogP contribution >= 0.6 is 27.7 Å². The Labute approximate surface area is 119 Å². The third kappa shape index (κ3) is 2.76. The molecular weight excluding hydrogens is 314 g/mol. The van der Waals surface area contributed by atoms with Crippen molar-refractivity contribution in [2.24, 2.45) is 7.05 Å². The van der Waals surface area contributed by atoms with Crippen LogP contribution in [0.3, 0.4) is 0 Å². The summed E-state index contributed by atoms with van der Waals surface area (Å²) in [6.07, 6.45) is -0.476. The number of aliphatic hydroxyl groups is 1. The largest absolute Gasteiger partial charge is 0.389 e. The number of rotatable bonds is 3. The van der Waals surface area contributed by atoms with Crippen LogP contribution in [0.1, 0.15) is 24.4 Å². The van der Waals surface area contributed by atoms with Gasteiger partial charge in [0.1, 0.15) is 5.82 Å². The van der Waals surface area contributed by atoms with Crippen molar-refractivity contribution in [3.05, 3.63) is 34.1 Å². The summed E-state index contributed by atoms with van der Waals surface area (Å²) in [4.78, 5) is 1.06. The van der Waals surface area contributed by atoms with Crippen LogP contribution in [0.2, 0.25) is 0 Å². The number of aromatic nitrogens is 3. The Kier molecular flexibility index (Phi) is 4.09. The van der Waals surface area contributed by atoms with Crippen molar-refractivity contribution in [1.82, 2.24) is 14.8 Å². The van der Waals surface area contributed by atoms with E-state index in [9.17, 15) is 5.11 Å². The molecule has 1 atom stereocenters. The van der Waals surface area contributed by atoms with Crippen LogP contribution in [0.5, 0.6) is 0 Å². The Morgan fingerprint density at radius 3 is 2.61 bits per heavy atom. The fraction of sp³-hybridized carbons (Fsp3) is 0.333. The van der Waals surface area contributed by atoms with Gasteiger partial charge < -0.3 is 9.67 Å². The maximum Gasteiger partial charge on any atom is 0.195 e. The van der Waals surface area contributed by atoms with Gasteiger partial charge in [-0.2, -0.15) is 0 Å². The summed E-state index contributed by atoms with van der Waals surface area (Å²) in [6.45, 7) is 3.67. The predicted octanol–water partition coefficient (Wildman–Crippen LogP) is 3.09. The Morgan fingerprint density at radius 1 is 1.39 bits per heavy atom. The third-order valence-electron chi connectivity index (χ3n) is 2.68. The maximum absolute atomic E-state index is 9.57. The van der Waals surface area contributed by atoms with Crippen LogP contribution in [0.15, 0.2) is 32.7 Å². The molecule has 2 rings (SSSR count). The zero-order chi connectivity index (χ0) is 13.3. The number of aliphatic hydroxyl groups excluding tert-OH is 1. The van der Waals surface area contributed by atoms with Gasteiger partial charge in [0.05, 0.1) is 6.10 Å². The van der Waals surface area contributed by atoms with Crippen molar-refractivity contribution in [1.29, 1.82) is 0 Å². The quantitative estimate of drug-likeness (QED) is 0.941. The van der Waals surface area contributed by atoms with E-state index in [-0.39, 0.29) is 0 Å². The summed E-state index contributed by atoms with van der Waals surface area (Å²) in [7, 11) is 1.94. The van der Waals surface area contributed by atoms with Crippen molar-refractivity contribution < 1.29 is 5.11 Å². The van der Waals surface area contributed by atoms with Crippen molar-refractivity contribution >= 4 is 27.7 Å². The van der Waals surface area contributed by atoms with Gasteiger partial charge in [-0.1, -0.05) is 22.0 Å². The molecule has 1 aromatic carbocycles. The van der Waals surface area contributed by atoms with Gasteiger partial charge in [0.25, 0.3) is 0 Å². The summed E-state index contributed by atoms with van der Waals surface area (Å²) in [5.74, 6) is 0.886. The van der Waals surface area contributed by atoms with Gasteiger partial charge in [0.2, 0.25) is 0 Å². The van der Waals surface area contributed by atoms with E-state index >= 15 is 0 Å². The van der Waals surface area contributed by atoms with Gasteiger partial charge in [-0.15, -0.1) is 10.2 Å². The molecule has 0 aliphatic carbocycles. The number of hydrogen-bond acceptors (Lipinski definition) is 4. The first kappa shape index (κ1) is 13.6. The Balaban J connectivity index is 2.25. The zero-order valence-electron chi connectivity index (χ0n) is 10.4. The van der Waals surface area contributed by atoms with Crippen LogP contribution in [0, 0.1) is 6.92 Å². The van der Waals surface area contributed by atoms with Crippen LogP contribution in [-0.2, 0) is 7.05 Å². The molecule has 2 aromatic rings. The Bertz CT molecular complexity index is 568. The third-order valence-corrected chi connectivity index (χ3v) is 4.40. The van der Waals surface area contributed by atoms with Gasteiger partial charge >= 0.3 is 0 Å². The summed E-state index contributed by atoms with van der Waals surface area (Å²) >= 11 is 5.02. The molecule has 0 amide bonds. The minimum Gasteiger partial charge on any atom is -0.389 e. The molecule has 6 heteroatoms. The Hall–Kier alpha value is -0.850. The zero-order valence-corrected chi connectivity index (χ0v) is 12.8. The monoisotopic (exact) mass is 327 g/mol. The fourth-order valence-corrected chi connectivity index (χ4v) is 3.23. The Morgan fingerprint density at radius 2 is 2.11 bits per heavy atom. The van der Waals surface area contributed by atoms with Crippen molar-refractivity contribution in [2.45, 2.75) is 30.0 Å². The molecule has 0 fully saturated rings. The highest BCUT2D eigenvalue weighted by Gasteiger charge is 2.10. The summed E-state index contributed by atoms with van der Waals surface area (Å²) < 4.78 is 2.85. The van der Waals surface area contributed by atoms with E-state index in [2.05, 4.69) is 26.1 Å². The number of halogens is 1. The molecule has 1 aromatic heterocycles. The smallest absolute Gasteiger partial charge is 0.195 e. The normalized spacial score (nSPS) is 12.7. The average molecular weight is 328 g/mol. The molecule has 1 heterocycles. The molecule has 0 radical (unpaired) electrons. The van der Waals surface area contributed by atoms with E-state index in [0.717, 1.165) is 25.9 Å². The molecule has 96 valence electrons. The lowest BCUT2D eigenvalue weighted by molar-refractivity contribution is 0.198. The molecule has 0 saturated carbocycles. The topological polar surface area (TPSA) is 50.9 Å². The molecule has 0 aliphatic heterocycles. The van der Waals surface area contributed by atoms with E-state index in [0.29, 0.717) is 0 Å². The van der Waals surface area contributed by atoms with Crippen molar-refractivity contribution in [3.63, 3.8) is 0 Å². The second-order valence-corrected chi connectivity index (χ2v) is 5.95. The highest BCUT2D eigenvalue weighted by Crippen LogP contribution is 2.31. The molecule has 1 N–H and O–H groups in total. The standard InChI is InChI=1S/C12H14BrN3OS/c1-7(17)10-5-4-9(6-11(10)13)18-12-15-14-8(2)16(12)3/h4-7,17H,1-3H3/t7-/m1/s1. The highest BCUT2D eigenvalue weighted by atomic mass is 79.9. The lowest BCUT2D eigenvalue weighted by Gasteiger charge is -2.09. The molecule has 0 bridgehead atoms. The minimum absolute atomic E-state index is 0.476. The van der Waals surface area contributed by atoms with Crippen LogP contribution in [0.4, 0.5) is 0 Å². The highest BCUT2D eigenvalue weighted by molar-refractivity contribution is 9.10. The van der Waals surface area contributed by atoms with Crippen molar-refractivity contribution in [2.75, 3.05) is 0 Å². The van der Waals surface area contributed by atoms with Gasteiger partial charge in [0.15, 0.2) is 5.16 Å². The molecular formula is C12H14BrN3OS. The maximum atomic E-state index is 9.57. The molecule has 0 unspecified atom stereocenters. The molecule has 4 nitrogen and oxygen atoms in total.